The molecule has 34 heavy (non-hydrogen) atoms. The molecule has 4 rings (SSSR count). The number of ether oxygens (including phenoxy) is 1. The molecule has 0 saturated carbocycles. The number of aromatic nitrogens is 2. The number of fused-ring (bicyclic) bond motifs is 1. The molecule has 3 N–H and O–H groups in total. The number of nitrogens with zero attached hydrogens (tertiary/aromatic N) is 1. The van der Waals surface area contributed by atoms with E-state index < -0.39 is 5.97 Å². The van der Waals surface area contributed by atoms with E-state index in [1.165, 1.54) is 18.4 Å². The van der Waals surface area contributed by atoms with Crippen LogP contribution in [0.25, 0.3) is 10.9 Å². The molecule has 4 aromatic rings. The van der Waals surface area contributed by atoms with Crippen LogP contribution < -0.4 is 10.6 Å². The lowest BCUT2D eigenvalue weighted by molar-refractivity contribution is -0.115. The van der Waals surface area contributed by atoms with E-state index in [9.17, 15) is 14.4 Å². The average molecular weight is 477 g/mol. The SMILES string of the molecule is COC(=O)c1cc(CNC(=O)c2cccc3c(C)c(C)[nH]c23)cc(NC(=O)Cc2cscn2)c1. The zero-order valence-corrected chi connectivity index (χ0v) is 19.8. The van der Waals surface area contributed by atoms with Crippen molar-refractivity contribution in [3.63, 3.8) is 0 Å². The number of nitrogens with one attached hydrogen (secondary N) is 3. The molecule has 2 aromatic heterocycles. The van der Waals surface area contributed by atoms with Crippen LogP contribution in [0.3, 0.4) is 0 Å². The third-order valence-corrected chi connectivity index (χ3v) is 6.20. The van der Waals surface area contributed by atoms with E-state index >= 15 is 0 Å². The lowest BCUT2D eigenvalue weighted by atomic mass is 10.1. The smallest absolute Gasteiger partial charge is 0.337 e. The van der Waals surface area contributed by atoms with Crippen LogP contribution in [0.5, 0.6) is 0 Å². The number of benzene rings is 2. The Kier molecular flexibility index (Phi) is 6.74. The van der Waals surface area contributed by atoms with Gasteiger partial charge in [-0.05, 0) is 49.2 Å². The number of H-pyrrole nitrogens is 1. The molecule has 0 aliphatic rings. The summed E-state index contributed by atoms with van der Waals surface area (Å²) in [5, 5.41) is 8.50. The first-order valence-corrected chi connectivity index (χ1v) is 11.5. The van der Waals surface area contributed by atoms with Gasteiger partial charge in [-0.25, -0.2) is 9.78 Å². The molecule has 0 bridgehead atoms. The molecule has 0 aliphatic carbocycles. The molecule has 2 heterocycles. The Bertz CT molecular complexity index is 1380. The van der Waals surface area contributed by atoms with Crippen LogP contribution in [-0.2, 0) is 22.5 Å². The van der Waals surface area contributed by atoms with Gasteiger partial charge in [0, 0.05) is 28.7 Å². The fraction of sp³-hybridized carbons (Fsp3) is 0.200. The number of carbonyl (C=O) groups excluding carboxylic acids is 3. The Labute approximate surface area is 200 Å². The molecule has 0 aliphatic heterocycles. The highest BCUT2D eigenvalue weighted by Gasteiger charge is 2.15. The second-order valence-corrected chi connectivity index (χ2v) is 8.62. The highest BCUT2D eigenvalue weighted by molar-refractivity contribution is 7.07. The van der Waals surface area contributed by atoms with Gasteiger partial charge in [0.15, 0.2) is 0 Å². The second-order valence-electron chi connectivity index (χ2n) is 7.90. The van der Waals surface area contributed by atoms with E-state index in [1.807, 2.05) is 26.0 Å². The van der Waals surface area contributed by atoms with Crippen LogP contribution >= 0.6 is 11.3 Å². The maximum Gasteiger partial charge on any atom is 0.337 e. The first kappa shape index (κ1) is 23.2. The minimum Gasteiger partial charge on any atom is -0.465 e. The van der Waals surface area contributed by atoms with Gasteiger partial charge in [-0.3, -0.25) is 9.59 Å². The van der Waals surface area contributed by atoms with Crippen molar-refractivity contribution in [3.05, 3.63) is 80.9 Å². The zero-order valence-electron chi connectivity index (χ0n) is 19.0. The van der Waals surface area contributed by atoms with Crippen molar-refractivity contribution in [2.75, 3.05) is 12.4 Å². The topological polar surface area (TPSA) is 113 Å². The van der Waals surface area contributed by atoms with E-state index in [-0.39, 0.29) is 30.3 Å². The minimum absolute atomic E-state index is 0.122. The quantitative estimate of drug-likeness (QED) is 0.347. The number of thiazole rings is 1. The maximum absolute atomic E-state index is 13.0. The number of rotatable bonds is 7. The fourth-order valence-electron chi connectivity index (χ4n) is 3.75. The van der Waals surface area contributed by atoms with Gasteiger partial charge < -0.3 is 20.4 Å². The Morgan fingerprint density at radius 2 is 1.97 bits per heavy atom. The molecule has 0 radical (unpaired) electrons. The van der Waals surface area contributed by atoms with E-state index in [0.29, 0.717) is 22.5 Å². The summed E-state index contributed by atoms with van der Waals surface area (Å²) < 4.78 is 4.84. The molecule has 8 nitrogen and oxygen atoms in total. The summed E-state index contributed by atoms with van der Waals surface area (Å²) in [6, 6.07) is 10.5. The minimum atomic E-state index is -0.537. The number of para-hydroxylation sites is 1. The third-order valence-electron chi connectivity index (χ3n) is 5.56. The van der Waals surface area contributed by atoms with E-state index in [2.05, 4.69) is 20.6 Å². The standard InChI is InChI=1S/C25H24N4O4S/c1-14-15(2)28-23-20(14)5-4-6-21(23)24(31)26-11-16-7-17(25(32)33-3)9-18(8-16)29-22(30)10-19-12-34-13-27-19/h4-9,12-13,28H,10-11H2,1-3H3,(H,26,31)(H,29,30). The van der Waals surface area contributed by atoms with Crippen LogP contribution in [0.15, 0.2) is 47.3 Å². The number of carbonyl (C=O) groups is 3. The number of esters is 1. The number of aryl methyl sites for hydroxylation is 2. The van der Waals surface area contributed by atoms with Crippen molar-refractivity contribution in [3.8, 4) is 0 Å². The van der Waals surface area contributed by atoms with Gasteiger partial charge in [-0.2, -0.15) is 0 Å². The predicted octanol–water partition coefficient (Wildman–Crippen LogP) is 4.14. The van der Waals surface area contributed by atoms with Gasteiger partial charge in [0.25, 0.3) is 5.91 Å². The molecule has 0 fully saturated rings. The first-order chi connectivity index (χ1) is 16.4. The van der Waals surface area contributed by atoms with Crippen molar-refractivity contribution in [1.29, 1.82) is 0 Å². The zero-order chi connectivity index (χ0) is 24.2. The van der Waals surface area contributed by atoms with E-state index in [4.69, 9.17) is 4.74 Å². The van der Waals surface area contributed by atoms with Crippen molar-refractivity contribution in [1.82, 2.24) is 15.3 Å². The lowest BCUT2D eigenvalue weighted by Crippen LogP contribution is -2.23. The maximum atomic E-state index is 13.0. The van der Waals surface area contributed by atoms with Crippen LogP contribution in [0.4, 0.5) is 5.69 Å². The normalized spacial score (nSPS) is 10.8. The summed E-state index contributed by atoms with van der Waals surface area (Å²) in [7, 11) is 1.29. The molecule has 0 unspecified atom stereocenters. The Hall–Kier alpha value is -3.98. The van der Waals surface area contributed by atoms with Crippen molar-refractivity contribution >= 4 is 45.7 Å². The molecule has 0 spiro atoms. The van der Waals surface area contributed by atoms with Crippen LogP contribution in [0.1, 0.15) is 43.2 Å². The van der Waals surface area contributed by atoms with Crippen LogP contribution in [0.2, 0.25) is 0 Å². The van der Waals surface area contributed by atoms with Gasteiger partial charge in [0.05, 0.1) is 41.4 Å². The van der Waals surface area contributed by atoms with Crippen molar-refractivity contribution in [2.24, 2.45) is 0 Å². The highest BCUT2D eigenvalue weighted by atomic mass is 32.1. The van der Waals surface area contributed by atoms with Gasteiger partial charge >= 0.3 is 5.97 Å². The summed E-state index contributed by atoms with van der Waals surface area (Å²) in [6.45, 7) is 4.14. The van der Waals surface area contributed by atoms with E-state index in [1.54, 1.807) is 35.2 Å². The van der Waals surface area contributed by atoms with Gasteiger partial charge in [-0.1, -0.05) is 12.1 Å². The lowest BCUT2D eigenvalue weighted by Gasteiger charge is -2.11. The molecule has 0 atom stereocenters. The van der Waals surface area contributed by atoms with Crippen molar-refractivity contribution < 1.29 is 19.1 Å². The molecular weight excluding hydrogens is 452 g/mol. The van der Waals surface area contributed by atoms with Crippen molar-refractivity contribution in [2.45, 2.75) is 26.8 Å². The predicted molar refractivity (Wildman–Crippen MR) is 131 cm³/mol. The summed E-state index contributed by atoms with van der Waals surface area (Å²) >= 11 is 1.41. The molecule has 174 valence electrons. The summed E-state index contributed by atoms with van der Waals surface area (Å²) in [5.74, 6) is -1.04. The van der Waals surface area contributed by atoms with Crippen LogP contribution in [0, 0.1) is 13.8 Å². The Morgan fingerprint density at radius 1 is 1.15 bits per heavy atom. The second kappa shape index (κ2) is 9.88. The summed E-state index contributed by atoms with van der Waals surface area (Å²) in [6.07, 6.45) is 0.122. The first-order valence-electron chi connectivity index (χ1n) is 10.6. The molecular formula is C25H24N4O4S. The van der Waals surface area contributed by atoms with Crippen LogP contribution in [-0.4, -0.2) is 34.9 Å². The van der Waals surface area contributed by atoms with Gasteiger partial charge in [-0.15, -0.1) is 11.3 Å². The summed E-state index contributed by atoms with van der Waals surface area (Å²) in [5.41, 5.74) is 7.13. The van der Waals surface area contributed by atoms with Gasteiger partial charge in [0.2, 0.25) is 5.91 Å². The summed E-state index contributed by atoms with van der Waals surface area (Å²) in [4.78, 5) is 44.9. The molecule has 2 aromatic carbocycles. The largest absolute Gasteiger partial charge is 0.465 e. The monoisotopic (exact) mass is 476 g/mol. The molecule has 2 amide bonds. The highest BCUT2D eigenvalue weighted by Crippen LogP contribution is 2.24. The number of hydrogen-bond acceptors (Lipinski definition) is 6. The Morgan fingerprint density at radius 3 is 2.71 bits per heavy atom. The third kappa shape index (κ3) is 4.99. The average Bonchev–Trinajstić information content (AvgIpc) is 3.44. The molecule has 9 heteroatoms. The Balaban J connectivity index is 1.53. The number of amides is 2. The number of methoxy groups -OCH3 is 1. The van der Waals surface area contributed by atoms with Gasteiger partial charge in [0.1, 0.15) is 0 Å². The number of anilines is 1. The molecule has 0 saturated heterocycles. The van der Waals surface area contributed by atoms with E-state index in [0.717, 1.165) is 22.2 Å². The fourth-order valence-corrected chi connectivity index (χ4v) is 4.30. The number of hydrogen-bond donors (Lipinski definition) is 3. The number of aromatic amines is 1.